The van der Waals surface area contributed by atoms with Crippen molar-refractivity contribution in [2.75, 3.05) is 12.1 Å². The summed E-state index contributed by atoms with van der Waals surface area (Å²) in [4.78, 5) is 16.9. The first-order valence-electron chi connectivity index (χ1n) is 8.02. The van der Waals surface area contributed by atoms with Gasteiger partial charge in [-0.1, -0.05) is 6.07 Å². The largest absolute Gasteiger partial charge is 0.487 e. The lowest BCUT2D eigenvalue weighted by atomic mass is 10.2. The molecule has 2 aromatic carbocycles. The summed E-state index contributed by atoms with van der Waals surface area (Å²) in [5.74, 6) is 1.70. The minimum absolute atomic E-state index is 0.199. The zero-order valence-corrected chi connectivity index (χ0v) is 14.8. The standard InChI is InChI=1S/C19H16N2O4S/c1-12-20-15(10-26-12)9-23-16-4-2-3-13(7-16)19(22)21-14-5-6-17-18(8-14)25-11-24-17/h2-8,10H,9,11H2,1H3,(H,21,22). The van der Waals surface area contributed by atoms with Crippen LogP contribution in [-0.2, 0) is 6.61 Å². The topological polar surface area (TPSA) is 69.7 Å². The number of rotatable bonds is 5. The van der Waals surface area contributed by atoms with Crippen LogP contribution < -0.4 is 19.5 Å². The van der Waals surface area contributed by atoms with Crippen LogP contribution in [0.1, 0.15) is 21.1 Å². The molecule has 0 bridgehead atoms. The molecule has 0 fully saturated rings. The van der Waals surface area contributed by atoms with Gasteiger partial charge in [0.05, 0.1) is 10.7 Å². The summed E-state index contributed by atoms with van der Waals surface area (Å²) >= 11 is 1.58. The van der Waals surface area contributed by atoms with Gasteiger partial charge in [-0.05, 0) is 37.3 Å². The van der Waals surface area contributed by atoms with E-state index in [4.69, 9.17) is 14.2 Å². The van der Waals surface area contributed by atoms with Gasteiger partial charge in [-0.15, -0.1) is 11.3 Å². The zero-order chi connectivity index (χ0) is 17.9. The Labute approximate surface area is 154 Å². The average Bonchev–Trinajstić information content (AvgIpc) is 3.28. The van der Waals surface area contributed by atoms with Gasteiger partial charge in [0.1, 0.15) is 12.4 Å². The van der Waals surface area contributed by atoms with Crippen LogP contribution in [0, 0.1) is 6.92 Å². The molecule has 132 valence electrons. The monoisotopic (exact) mass is 368 g/mol. The van der Waals surface area contributed by atoms with E-state index in [-0.39, 0.29) is 12.7 Å². The van der Waals surface area contributed by atoms with Crippen LogP contribution in [0.25, 0.3) is 0 Å². The van der Waals surface area contributed by atoms with Crippen LogP contribution in [0.2, 0.25) is 0 Å². The van der Waals surface area contributed by atoms with E-state index in [1.165, 1.54) is 0 Å². The Balaban J connectivity index is 1.43. The lowest BCUT2D eigenvalue weighted by Gasteiger charge is -2.08. The van der Waals surface area contributed by atoms with E-state index in [0.29, 0.717) is 35.1 Å². The van der Waals surface area contributed by atoms with E-state index < -0.39 is 0 Å². The number of carbonyl (C=O) groups excluding carboxylic acids is 1. The maximum Gasteiger partial charge on any atom is 0.255 e. The number of nitrogens with zero attached hydrogens (tertiary/aromatic N) is 1. The third-order valence-corrected chi connectivity index (χ3v) is 4.60. The van der Waals surface area contributed by atoms with E-state index in [1.54, 1.807) is 47.7 Å². The number of fused-ring (bicyclic) bond motifs is 1. The number of anilines is 1. The number of ether oxygens (including phenoxy) is 3. The second kappa shape index (κ2) is 7.05. The molecule has 1 aromatic heterocycles. The molecule has 1 N–H and O–H groups in total. The highest BCUT2D eigenvalue weighted by atomic mass is 32.1. The third-order valence-electron chi connectivity index (χ3n) is 3.78. The van der Waals surface area contributed by atoms with E-state index in [2.05, 4.69) is 10.3 Å². The number of thiazole rings is 1. The van der Waals surface area contributed by atoms with Gasteiger partial charge in [0, 0.05) is 22.7 Å². The third kappa shape index (κ3) is 3.62. The highest BCUT2D eigenvalue weighted by Crippen LogP contribution is 2.34. The SMILES string of the molecule is Cc1nc(COc2cccc(C(=O)Nc3ccc4c(c3)OCO4)c2)cs1. The molecule has 0 atom stereocenters. The lowest BCUT2D eigenvalue weighted by Crippen LogP contribution is -2.12. The summed E-state index contributed by atoms with van der Waals surface area (Å²) in [6, 6.07) is 12.3. The van der Waals surface area contributed by atoms with Crippen molar-refractivity contribution in [3.63, 3.8) is 0 Å². The summed E-state index contributed by atoms with van der Waals surface area (Å²) in [7, 11) is 0. The predicted octanol–water partition coefficient (Wildman–Crippen LogP) is 4.01. The summed E-state index contributed by atoms with van der Waals surface area (Å²) in [6.45, 7) is 2.53. The molecule has 0 saturated heterocycles. The fourth-order valence-electron chi connectivity index (χ4n) is 2.54. The Morgan fingerprint density at radius 1 is 1.23 bits per heavy atom. The summed E-state index contributed by atoms with van der Waals surface area (Å²) < 4.78 is 16.3. The van der Waals surface area contributed by atoms with Crippen molar-refractivity contribution in [3.05, 3.63) is 64.1 Å². The smallest absolute Gasteiger partial charge is 0.255 e. The van der Waals surface area contributed by atoms with Crippen molar-refractivity contribution in [2.45, 2.75) is 13.5 Å². The van der Waals surface area contributed by atoms with Crippen molar-refractivity contribution in [1.29, 1.82) is 0 Å². The molecule has 0 radical (unpaired) electrons. The summed E-state index contributed by atoms with van der Waals surface area (Å²) in [5.41, 5.74) is 2.03. The quantitative estimate of drug-likeness (QED) is 0.737. The molecular weight excluding hydrogens is 352 g/mol. The zero-order valence-electron chi connectivity index (χ0n) is 14.0. The molecule has 7 heteroatoms. The number of nitrogens with one attached hydrogen (secondary N) is 1. The van der Waals surface area contributed by atoms with Crippen LogP contribution in [0.15, 0.2) is 47.8 Å². The molecule has 1 aliphatic heterocycles. The Hall–Kier alpha value is -3.06. The van der Waals surface area contributed by atoms with Crippen molar-refractivity contribution in [1.82, 2.24) is 4.98 Å². The van der Waals surface area contributed by atoms with Crippen molar-refractivity contribution < 1.29 is 19.0 Å². The number of hydrogen-bond donors (Lipinski definition) is 1. The molecule has 1 amide bonds. The molecule has 0 spiro atoms. The molecule has 2 heterocycles. The fourth-order valence-corrected chi connectivity index (χ4v) is 3.13. The Morgan fingerprint density at radius 2 is 2.12 bits per heavy atom. The number of aromatic nitrogens is 1. The van der Waals surface area contributed by atoms with Crippen molar-refractivity contribution in [3.8, 4) is 17.2 Å². The Kier molecular flexibility index (Phi) is 4.45. The van der Waals surface area contributed by atoms with Gasteiger partial charge in [0.15, 0.2) is 11.5 Å². The molecule has 1 aliphatic rings. The van der Waals surface area contributed by atoms with E-state index in [1.807, 2.05) is 18.4 Å². The van der Waals surface area contributed by atoms with Gasteiger partial charge in [-0.25, -0.2) is 4.98 Å². The van der Waals surface area contributed by atoms with Crippen LogP contribution in [0.4, 0.5) is 5.69 Å². The number of hydrogen-bond acceptors (Lipinski definition) is 6. The molecule has 3 aromatic rings. The van der Waals surface area contributed by atoms with Gasteiger partial charge in [0.2, 0.25) is 6.79 Å². The second-order valence-electron chi connectivity index (χ2n) is 5.70. The normalized spacial score (nSPS) is 12.0. The number of carbonyl (C=O) groups is 1. The molecule has 0 aliphatic carbocycles. The van der Waals surface area contributed by atoms with Crippen LogP contribution in [0.5, 0.6) is 17.2 Å². The van der Waals surface area contributed by atoms with E-state index in [0.717, 1.165) is 10.7 Å². The highest BCUT2D eigenvalue weighted by Gasteiger charge is 2.15. The Bertz CT molecular complexity index is 954. The van der Waals surface area contributed by atoms with E-state index >= 15 is 0 Å². The van der Waals surface area contributed by atoms with Crippen LogP contribution >= 0.6 is 11.3 Å². The lowest BCUT2D eigenvalue weighted by molar-refractivity contribution is 0.102. The molecule has 4 rings (SSSR count). The van der Waals surface area contributed by atoms with Gasteiger partial charge >= 0.3 is 0 Å². The summed E-state index contributed by atoms with van der Waals surface area (Å²) in [6.07, 6.45) is 0. The highest BCUT2D eigenvalue weighted by molar-refractivity contribution is 7.09. The first kappa shape index (κ1) is 16.4. The fraction of sp³-hybridized carbons (Fsp3) is 0.158. The first-order valence-corrected chi connectivity index (χ1v) is 8.90. The molecule has 0 saturated carbocycles. The second-order valence-corrected chi connectivity index (χ2v) is 6.76. The van der Waals surface area contributed by atoms with Crippen LogP contribution in [0.3, 0.4) is 0 Å². The van der Waals surface area contributed by atoms with Gasteiger partial charge in [-0.3, -0.25) is 4.79 Å². The maximum absolute atomic E-state index is 12.5. The minimum Gasteiger partial charge on any atom is -0.487 e. The van der Waals surface area contributed by atoms with Gasteiger partial charge in [0.25, 0.3) is 5.91 Å². The molecule has 6 nitrogen and oxygen atoms in total. The molecule has 0 unspecified atom stereocenters. The van der Waals surface area contributed by atoms with Crippen molar-refractivity contribution in [2.24, 2.45) is 0 Å². The van der Waals surface area contributed by atoms with Gasteiger partial charge in [-0.2, -0.15) is 0 Å². The number of aryl methyl sites for hydroxylation is 1. The number of benzene rings is 2. The average molecular weight is 368 g/mol. The molecule has 26 heavy (non-hydrogen) atoms. The Morgan fingerprint density at radius 3 is 2.96 bits per heavy atom. The predicted molar refractivity (Wildman–Crippen MR) is 98.1 cm³/mol. The molecular formula is C19H16N2O4S. The number of amides is 1. The summed E-state index contributed by atoms with van der Waals surface area (Å²) in [5, 5.41) is 5.82. The maximum atomic E-state index is 12.5. The van der Waals surface area contributed by atoms with Crippen LogP contribution in [-0.4, -0.2) is 17.7 Å². The van der Waals surface area contributed by atoms with Gasteiger partial charge < -0.3 is 19.5 Å². The minimum atomic E-state index is -0.223. The first-order chi connectivity index (χ1) is 12.7. The van der Waals surface area contributed by atoms with E-state index in [9.17, 15) is 4.79 Å². The van der Waals surface area contributed by atoms with Crippen molar-refractivity contribution >= 4 is 22.9 Å².